The smallest absolute Gasteiger partial charge is 0.242 e. The van der Waals surface area contributed by atoms with Gasteiger partial charge in [-0.2, -0.15) is 0 Å². The molecule has 0 radical (unpaired) electrons. The lowest BCUT2D eigenvalue weighted by Gasteiger charge is -2.12. The second kappa shape index (κ2) is 9.30. The summed E-state index contributed by atoms with van der Waals surface area (Å²) in [6, 6.07) is 3.10. The van der Waals surface area contributed by atoms with Crippen LogP contribution in [0.2, 0.25) is 0 Å². The van der Waals surface area contributed by atoms with Crippen LogP contribution in [0.25, 0.3) is 0 Å². The second-order valence-corrected chi connectivity index (χ2v) is 6.13. The fraction of sp³-hybridized carbons (Fsp3) is 0.538. The van der Waals surface area contributed by atoms with Gasteiger partial charge in [0.1, 0.15) is 4.90 Å². The first kappa shape index (κ1) is 17.4. The van der Waals surface area contributed by atoms with Gasteiger partial charge in [0.15, 0.2) is 5.96 Å². The van der Waals surface area contributed by atoms with Crippen LogP contribution in [0.1, 0.15) is 19.8 Å². The Morgan fingerprint density at radius 3 is 2.67 bits per heavy atom. The minimum absolute atomic E-state index is 0.162. The number of sulfonamides is 1. The molecule has 0 fully saturated rings. The average molecular weight is 313 g/mol. The number of aromatic nitrogens is 1. The average Bonchev–Trinajstić information content (AvgIpc) is 2.50. The van der Waals surface area contributed by atoms with Crippen molar-refractivity contribution in [2.75, 3.05) is 26.7 Å². The lowest BCUT2D eigenvalue weighted by Crippen LogP contribution is -2.41. The van der Waals surface area contributed by atoms with Gasteiger partial charge in [-0.15, -0.1) is 0 Å². The van der Waals surface area contributed by atoms with Gasteiger partial charge < -0.3 is 10.6 Å². The van der Waals surface area contributed by atoms with Gasteiger partial charge in [-0.25, -0.2) is 13.1 Å². The normalized spacial score (nSPS) is 12.2. The first-order valence-electron chi connectivity index (χ1n) is 6.94. The first-order valence-corrected chi connectivity index (χ1v) is 8.42. The van der Waals surface area contributed by atoms with E-state index >= 15 is 0 Å². The van der Waals surface area contributed by atoms with E-state index in [0.29, 0.717) is 12.5 Å². The van der Waals surface area contributed by atoms with Crippen molar-refractivity contribution in [2.45, 2.75) is 24.7 Å². The summed E-state index contributed by atoms with van der Waals surface area (Å²) in [4.78, 5) is 8.02. The van der Waals surface area contributed by atoms with E-state index in [-0.39, 0.29) is 11.4 Å². The first-order chi connectivity index (χ1) is 10.1. The van der Waals surface area contributed by atoms with Gasteiger partial charge in [-0.1, -0.05) is 13.3 Å². The van der Waals surface area contributed by atoms with E-state index in [1.807, 2.05) is 0 Å². The van der Waals surface area contributed by atoms with Crippen LogP contribution in [0.4, 0.5) is 0 Å². The van der Waals surface area contributed by atoms with E-state index < -0.39 is 10.0 Å². The van der Waals surface area contributed by atoms with Crippen molar-refractivity contribution >= 4 is 16.0 Å². The summed E-state index contributed by atoms with van der Waals surface area (Å²) in [6.45, 7) is 3.68. The zero-order chi connectivity index (χ0) is 15.6. The van der Waals surface area contributed by atoms with Crippen molar-refractivity contribution < 1.29 is 8.42 Å². The number of rotatable bonds is 8. The highest BCUT2D eigenvalue weighted by atomic mass is 32.2. The minimum atomic E-state index is -3.50. The molecule has 0 saturated carbocycles. The number of guanidine groups is 1. The zero-order valence-corrected chi connectivity index (χ0v) is 13.3. The molecule has 0 saturated heterocycles. The second-order valence-electron chi connectivity index (χ2n) is 4.37. The molecule has 0 aliphatic heterocycles. The van der Waals surface area contributed by atoms with Crippen LogP contribution >= 0.6 is 0 Å². The molecule has 0 unspecified atom stereocenters. The highest BCUT2D eigenvalue weighted by Crippen LogP contribution is 2.04. The molecular weight excluding hydrogens is 290 g/mol. The van der Waals surface area contributed by atoms with Crippen molar-refractivity contribution in [3.05, 3.63) is 24.5 Å². The summed E-state index contributed by atoms with van der Waals surface area (Å²) in [5.41, 5.74) is 0. The Morgan fingerprint density at radius 2 is 2.05 bits per heavy atom. The molecule has 1 heterocycles. The molecule has 1 rings (SSSR count). The molecule has 1 aromatic heterocycles. The predicted octanol–water partition coefficient (Wildman–Crippen LogP) is 0.325. The summed E-state index contributed by atoms with van der Waals surface area (Å²) in [5.74, 6) is 0.670. The summed E-state index contributed by atoms with van der Waals surface area (Å²) in [6.07, 6.45) is 5.02. The number of nitrogens with zero attached hydrogens (tertiary/aromatic N) is 2. The van der Waals surface area contributed by atoms with Crippen molar-refractivity contribution in [1.82, 2.24) is 20.3 Å². The van der Waals surface area contributed by atoms with E-state index in [1.165, 1.54) is 18.5 Å². The minimum Gasteiger partial charge on any atom is -0.356 e. The topological polar surface area (TPSA) is 95.5 Å². The number of pyridine rings is 1. The Kier molecular flexibility index (Phi) is 7.70. The third kappa shape index (κ3) is 6.54. The molecule has 0 bridgehead atoms. The molecule has 7 nitrogen and oxygen atoms in total. The van der Waals surface area contributed by atoms with Crippen molar-refractivity contribution in [3.8, 4) is 0 Å². The highest BCUT2D eigenvalue weighted by molar-refractivity contribution is 7.89. The number of unbranched alkanes of at least 4 members (excludes halogenated alkanes) is 1. The molecule has 8 heteroatoms. The lowest BCUT2D eigenvalue weighted by atomic mass is 10.3. The van der Waals surface area contributed by atoms with Crippen LogP contribution in [0.5, 0.6) is 0 Å². The van der Waals surface area contributed by atoms with Crippen molar-refractivity contribution in [2.24, 2.45) is 4.99 Å². The van der Waals surface area contributed by atoms with Gasteiger partial charge >= 0.3 is 0 Å². The van der Waals surface area contributed by atoms with E-state index in [2.05, 4.69) is 32.3 Å². The third-order valence-corrected chi connectivity index (χ3v) is 4.15. The SMILES string of the molecule is CCCCNC(=NC)NCCNS(=O)(=O)c1cccnc1. The maximum absolute atomic E-state index is 11.9. The summed E-state index contributed by atoms with van der Waals surface area (Å²) in [7, 11) is -1.82. The fourth-order valence-corrected chi connectivity index (χ4v) is 2.55. The number of hydrogen-bond acceptors (Lipinski definition) is 4. The van der Waals surface area contributed by atoms with Crippen LogP contribution in [-0.2, 0) is 10.0 Å². The maximum Gasteiger partial charge on any atom is 0.242 e. The predicted molar refractivity (Wildman–Crippen MR) is 83.7 cm³/mol. The Hall–Kier alpha value is -1.67. The molecule has 0 aliphatic rings. The summed E-state index contributed by atoms with van der Waals surface area (Å²) < 4.78 is 26.4. The number of aliphatic imine (C=N–C) groups is 1. The van der Waals surface area contributed by atoms with E-state index in [9.17, 15) is 8.42 Å². The Morgan fingerprint density at radius 1 is 1.29 bits per heavy atom. The molecular formula is C13H23N5O2S. The molecule has 1 aromatic rings. The fourth-order valence-electron chi connectivity index (χ4n) is 1.56. The Bertz CT molecular complexity index is 531. The molecule has 21 heavy (non-hydrogen) atoms. The van der Waals surface area contributed by atoms with E-state index in [0.717, 1.165) is 19.4 Å². The van der Waals surface area contributed by atoms with Gasteiger partial charge in [0, 0.05) is 39.1 Å². The zero-order valence-electron chi connectivity index (χ0n) is 12.5. The molecule has 3 N–H and O–H groups in total. The van der Waals surface area contributed by atoms with Crippen LogP contribution in [0.15, 0.2) is 34.4 Å². The van der Waals surface area contributed by atoms with Crippen LogP contribution in [0.3, 0.4) is 0 Å². The molecule has 0 aromatic carbocycles. The van der Waals surface area contributed by atoms with Crippen molar-refractivity contribution in [1.29, 1.82) is 0 Å². The van der Waals surface area contributed by atoms with Gasteiger partial charge in [0.2, 0.25) is 10.0 Å². The maximum atomic E-state index is 11.9. The monoisotopic (exact) mass is 313 g/mol. The van der Waals surface area contributed by atoms with Gasteiger partial charge in [0.25, 0.3) is 0 Å². The number of hydrogen-bond donors (Lipinski definition) is 3. The lowest BCUT2D eigenvalue weighted by molar-refractivity contribution is 0.580. The number of nitrogens with one attached hydrogen (secondary N) is 3. The van der Waals surface area contributed by atoms with E-state index in [4.69, 9.17) is 0 Å². The van der Waals surface area contributed by atoms with Gasteiger partial charge in [-0.3, -0.25) is 9.98 Å². The van der Waals surface area contributed by atoms with E-state index in [1.54, 1.807) is 13.1 Å². The molecule has 118 valence electrons. The largest absolute Gasteiger partial charge is 0.356 e. The third-order valence-electron chi connectivity index (χ3n) is 2.70. The van der Waals surface area contributed by atoms with Gasteiger partial charge in [-0.05, 0) is 18.6 Å². The van der Waals surface area contributed by atoms with Crippen LogP contribution in [0, 0.1) is 0 Å². The highest BCUT2D eigenvalue weighted by Gasteiger charge is 2.12. The quantitative estimate of drug-likeness (QED) is 0.365. The molecule has 0 atom stereocenters. The Labute approximate surface area is 126 Å². The summed E-state index contributed by atoms with van der Waals surface area (Å²) >= 11 is 0. The summed E-state index contributed by atoms with van der Waals surface area (Å²) in [5, 5.41) is 6.20. The Balaban J connectivity index is 2.33. The van der Waals surface area contributed by atoms with Crippen molar-refractivity contribution in [3.63, 3.8) is 0 Å². The van der Waals surface area contributed by atoms with Crippen LogP contribution in [-0.4, -0.2) is 46.0 Å². The van der Waals surface area contributed by atoms with Crippen LogP contribution < -0.4 is 15.4 Å². The van der Waals surface area contributed by atoms with Gasteiger partial charge in [0.05, 0.1) is 0 Å². The molecule has 0 aliphatic carbocycles. The molecule has 0 amide bonds. The standard InChI is InChI=1S/C13H23N5O2S/c1-3-4-8-16-13(14-2)17-9-10-18-21(19,20)12-6-5-7-15-11-12/h5-7,11,18H,3-4,8-10H2,1-2H3,(H2,14,16,17). The molecule has 0 spiro atoms.